The van der Waals surface area contributed by atoms with E-state index in [1.165, 1.54) is 19.3 Å². The van der Waals surface area contributed by atoms with Crippen molar-refractivity contribution in [3.63, 3.8) is 0 Å². The Kier molecular flexibility index (Phi) is 4.51. The maximum absolute atomic E-state index is 13.1. The summed E-state index contributed by atoms with van der Waals surface area (Å²) in [5.74, 6) is 4.13. The number of ether oxygens (including phenoxy) is 1. The summed E-state index contributed by atoms with van der Waals surface area (Å²) in [4.78, 5) is 13.1. The lowest BCUT2D eigenvalue weighted by molar-refractivity contribution is -0.140. The summed E-state index contributed by atoms with van der Waals surface area (Å²) in [6, 6.07) is 7.90. The molecule has 0 spiro atoms. The first-order valence-corrected chi connectivity index (χ1v) is 10.1. The summed E-state index contributed by atoms with van der Waals surface area (Å²) in [5.41, 5.74) is 0.784. The van der Waals surface area contributed by atoms with Crippen LogP contribution in [0.1, 0.15) is 58.8 Å². The Hall–Kier alpha value is -1.51. The molecular weight excluding hydrogens is 310 g/mol. The summed E-state index contributed by atoms with van der Waals surface area (Å²) in [5, 5.41) is 3.22. The monoisotopic (exact) mass is 341 g/mol. The van der Waals surface area contributed by atoms with Crippen LogP contribution in [0.15, 0.2) is 24.3 Å². The fourth-order valence-electron chi connectivity index (χ4n) is 5.73. The van der Waals surface area contributed by atoms with Gasteiger partial charge in [0.2, 0.25) is 5.91 Å². The third kappa shape index (κ3) is 3.56. The van der Waals surface area contributed by atoms with Gasteiger partial charge >= 0.3 is 0 Å². The lowest BCUT2D eigenvalue weighted by Crippen LogP contribution is -2.51. The molecule has 4 bridgehead atoms. The van der Waals surface area contributed by atoms with Crippen molar-refractivity contribution in [1.82, 2.24) is 0 Å². The average molecular weight is 341 g/mol. The predicted octanol–water partition coefficient (Wildman–Crippen LogP) is 5.27. The Morgan fingerprint density at radius 2 is 1.80 bits per heavy atom. The zero-order chi connectivity index (χ0) is 17.4. The summed E-state index contributed by atoms with van der Waals surface area (Å²) in [6.07, 6.45) is 8.47. The highest BCUT2D eigenvalue weighted by atomic mass is 16.5. The number of hydrogen-bond acceptors (Lipinski definition) is 2. The van der Waals surface area contributed by atoms with E-state index in [0.717, 1.165) is 61.5 Å². The molecule has 4 fully saturated rings. The molecule has 1 N–H and O–H groups in total. The number of benzene rings is 1. The van der Waals surface area contributed by atoms with Gasteiger partial charge in [-0.2, -0.15) is 0 Å². The molecule has 4 saturated carbocycles. The third-order valence-corrected chi connectivity index (χ3v) is 6.58. The van der Waals surface area contributed by atoms with Crippen LogP contribution in [-0.4, -0.2) is 12.5 Å². The van der Waals surface area contributed by atoms with Crippen LogP contribution in [-0.2, 0) is 4.79 Å². The minimum absolute atomic E-state index is 0.0940. The van der Waals surface area contributed by atoms with Crippen molar-refractivity contribution in [3.05, 3.63) is 24.3 Å². The van der Waals surface area contributed by atoms with E-state index >= 15 is 0 Å². The van der Waals surface area contributed by atoms with E-state index in [2.05, 4.69) is 19.2 Å². The van der Waals surface area contributed by atoms with Gasteiger partial charge in [-0.25, -0.2) is 0 Å². The summed E-state index contributed by atoms with van der Waals surface area (Å²) in [6.45, 7) is 5.13. The summed E-state index contributed by atoms with van der Waals surface area (Å²) in [7, 11) is 0. The molecule has 3 heteroatoms. The Morgan fingerprint density at radius 1 is 1.16 bits per heavy atom. The molecule has 5 rings (SSSR count). The first kappa shape index (κ1) is 16.9. The van der Waals surface area contributed by atoms with E-state index in [1.54, 1.807) is 0 Å². The summed E-state index contributed by atoms with van der Waals surface area (Å²) < 4.78 is 5.84. The van der Waals surface area contributed by atoms with Gasteiger partial charge in [0.05, 0.1) is 12.0 Å². The van der Waals surface area contributed by atoms with Gasteiger partial charge in [0.25, 0.3) is 0 Å². The number of anilines is 1. The molecule has 0 saturated heterocycles. The Labute approximate surface area is 151 Å². The molecule has 1 amide bonds. The minimum atomic E-state index is -0.0940. The van der Waals surface area contributed by atoms with Crippen LogP contribution in [0.3, 0.4) is 0 Å². The van der Waals surface area contributed by atoms with Crippen molar-refractivity contribution in [2.45, 2.75) is 58.8 Å². The van der Waals surface area contributed by atoms with Crippen LogP contribution in [0.2, 0.25) is 0 Å². The number of nitrogens with one attached hydrogen (secondary N) is 1. The topological polar surface area (TPSA) is 38.3 Å². The van der Waals surface area contributed by atoms with Gasteiger partial charge in [-0.05, 0) is 80.8 Å². The molecular formula is C22H31NO2. The highest BCUT2D eigenvalue weighted by Crippen LogP contribution is 2.60. The van der Waals surface area contributed by atoms with Crippen LogP contribution in [0.5, 0.6) is 5.75 Å². The van der Waals surface area contributed by atoms with Crippen LogP contribution in [0, 0.1) is 29.1 Å². The molecule has 25 heavy (non-hydrogen) atoms. The van der Waals surface area contributed by atoms with Crippen molar-refractivity contribution in [2.75, 3.05) is 11.9 Å². The van der Waals surface area contributed by atoms with Gasteiger partial charge in [-0.3, -0.25) is 4.79 Å². The molecule has 0 atom stereocenters. The molecule has 0 aliphatic heterocycles. The van der Waals surface area contributed by atoms with Crippen molar-refractivity contribution in [3.8, 4) is 5.75 Å². The second kappa shape index (κ2) is 6.66. The predicted molar refractivity (Wildman–Crippen MR) is 101 cm³/mol. The second-order valence-corrected chi connectivity index (χ2v) is 9.21. The molecule has 4 aliphatic rings. The summed E-state index contributed by atoms with van der Waals surface area (Å²) >= 11 is 0. The van der Waals surface area contributed by atoms with Crippen LogP contribution in [0.25, 0.3) is 0 Å². The van der Waals surface area contributed by atoms with Crippen molar-refractivity contribution < 1.29 is 9.53 Å². The number of carbonyl (C=O) groups excluding carboxylic acids is 1. The number of carbonyl (C=O) groups is 1. The minimum Gasteiger partial charge on any atom is -0.494 e. The highest BCUT2D eigenvalue weighted by molar-refractivity contribution is 5.95. The van der Waals surface area contributed by atoms with Crippen LogP contribution < -0.4 is 10.1 Å². The molecule has 136 valence electrons. The molecule has 0 heterocycles. The van der Waals surface area contributed by atoms with E-state index < -0.39 is 0 Å². The van der Waals surface area contributed by atoms with Gasteiger partial charge in [-0.1, -0.05) is 19.9 Å². The van der Waals surface area contributed by atoms with Gasteiger partial charge in [0.1, 0.15) is 5.75 Å². The molecule has 3 nitrogen and oxygen atoms in total. The molecule has 0 unspecified atom stereocenters. The zero-order valence-electron chi connectivity index (χ0n) is 15.6. The quantitative estimate of drug-likeness (QED) is 0.766. The maximum Gasteiger partial charge on any atom is 0.230 e. The molecule has 0 radical (unpaired) electrons. The molecule has 1 aromatic rings. The van der Waals surface area contributed by atoms with E-state index in [0.29, 0.717) is 5.92 Å². The first-order valence-electron chi connectivity index (χ1n) is 10.1. The molecule has 4 aliphatic carbocycles. The second-order valence-electron chi connectivity index (χ2n) is 9.21. The first-order chi connectivity index (χ1) is 12.0. The Morgan fingerprint density at radius 3 is 2.40 bits per heavy atom. The Bertz CT molecular complexity index is 601. The smallest absolute Gasteiger partial charge is 0.230 e. The van der Waals surface area contributed by atoms with E-state index in [1.807, 2.05) is 24.3 Å². The van der Waals surface area contributed by atoms with Gasteiger partial charge in [0.15, 0.2) is 0 Å². The van der Waals surface area contributed by atoms with E-state index in [4.69, 9.17) is 4.74 Å². The molecule has 1 aromatic carbocycles. The maximum atomic E-state index is 13.1. The normalized spacial score (nSPS) is 32.8. The molecule has 0 aromatic heterocycles. The number of hydrogen-bond donors (Lipinski definition) is 1. The van der Waals surface area contributed by atoms with Gasteiger partial charge < -0.3 is 10.1 Å². The number of amides is 1. The van der Waals surface area contributed by atoms with Crippen LogP contribution >= 0.6 is 0 Å². The zero-order valence-corrected chi connectivity index (χ0v) is 15.6. The highest BCUT2D eigenvalue weighted by Gasteiger charge is 2.54. The Balaban J connectivity index is 1.41. The SMILES string of the molecule is CC(C)CCOc1cccc(NC(=O)C23CC4CC(CC(C4)C2)C3)c1. The van der Waals surface area contributed by atoms with E-state index in [-0.39, 0.29) is 11.3 Å². The standard InChI is InChI=1S/C22H31NO2/c1-15(2)6-7-25-20-5-3-4-19(11-20)23-21(24)22-12-16-8-17(13-22)10-18(9-16)14-22/h3-5,11,15-18H,6-10,12-14H2,1-2H3,(H,23,24). The van der Waals surface area contributed by atoms with Crippen molar-refractivity contribution >= 4 is 11.6 Å². The fraction of sp³-hybridized carbons (Fsp3) is 0.682. The lowest BCUT2D eigenvalue weighted by atomic mass is 9.49. The third-order valence-electron chi connectivity index (χ3n) is 6.58. The largest absolute Gasteiger partial charge is 0.494 e. The van der Waals surface area contributed by atoms with Crippen molar-refractivity contribution in [2.24, 2.45) is 29.1 Å². The van der Waals surface area contributed by atoms with Gasteiger partial charge in [0, 0.05) is 11.8 Å². The average Bonchev–Trinajstić information content (AvgIpc) is 2.53. The van der Waals surface area contributed by atoms with E-state index in [9.17, 15) is 4.79 Å². The lowest BCUT2D eigenvalue weighted by Gasteiger charge is -2.55. The fourth-order valence-corrected chi connectivity index (χ4v) is 5.73. The van der Waals surface area contributed by atoms with Crippen LogP contribution in [0.4, 0.5) is 5.69 Å². The van der Waals surface area contributed by atoms with Gasteiger partial charge in [-0.15, -0.1) is 0 Å². The number of rotatable bonds is 6. The van der Waals surface area contributed by atoms with Crippen molar-refractivity contribution in [1.29, 1.82) is 0 Å².